The van der Waals surface area contributed by atoms with Gasteiger partial charge in [-0.1, -0.05) is 17.8 Å². The Morgan fingerprint density at radius 3 is 2.67 bits per heavy atom. The largest absolute Gasteiger partial charge is 0.494 e. The lowest BCUT2D eigenvalue weighted by Crippen LogP contribution is -2.06. The van der Waals surface area contributed by atoms with Crippen molar-refractivity contribution >= 4 is 17.5 Å². The average molecular weight is 384 g/mol. The molecule has 0 radical (unpaired) electrons. The minimum atomic E-state index is -0.00574. The standard InChI is InChI=1S/C19H20N4O3S/c1-4-26-15-8-6-14(7-9-15)17(24)12-27-19-20-21-22-23(19)16-11-13(2)5-10-18(16)25-3/h5-11H,4,12H2,1-3H3. The van der Waals surface area contributed by atoms with E-state index in [9.17, 15) is 4.79 Å². The molecule has 0 unspecified atom stereocenters. The van der Waals surface area contributed by atoms with Crippen molar-refractivity contribution in [3.05, 3.63) is 53.6 Å². The highest BCUT2D eigenvalue weighted by Gasteiger charge is 2.16. The monoisotopic (exact) mass is 384 g/mol. The number of rotatable bonds is 8. The van der Waals surface area contributed by atoms with Gasteiger partial charge < -0.3 is 9.47 Å². The maximum atomic E-state index is 12.5. The van der Waals surface area contributed by atoms with Crippen molar-refractivity contribution in [2.24, 2.45) is 0 Å². The van der Waals surface area contributed by atoms with Crippen LogP contribution >= 0.6 is 11.8 Å². The molecule has 0 fully saturated rings. The number of ketones is 1. The van der Waals surface area contributed by atoms with Crippen molar-refractivity contribution in [1.82, 2.24) is 20.2 Å². The van der Waals surface area contributed by atoms with Gasteiger partial charge in [-0.25, -0.2) is 0 Å². The molecular weight excluding hydrogens is 364 g/mol. The van der Waals surface area contributed by atoms with E-state index < -0.39 is 0 Å². The van der Waals surface area contributed by atoms with E-state index in [4.69, 9.17) is 9.47 Å². The van der Waals surface area contributed by atoms with E-state index >= 15 is 0 Å². The summed E-state index contributed by atoms with van der Waals surface area (Å²) in [7, 11) is 1.60. The zero-order valence-corrected chi connectivity index (χ0v) is 16.2. The Labute approximate surface area is 161 Å². The molecule has 0 aliphatic heterocycles. The molecule has 0 amide bonds. The van der Waals surface area contributed by atoms with Gasteiger partial charge in [-0.05, 0) is 66.2 Å². The van der Waals surface area contributed by atoms with E-state index in [0.29, 0.717) is 23.1 Å². The number of ether oxygens (including phenoxy) is 2. The second-order valence-electron chi connectivity index (χ2n) is 5.72. The minimum Gasteiger partial charge on any atom is -0.494 e. The molecule has 140 valence electrons. The van der Waals surface area contributed by atoms with Crippen molar-refractivity contribution in [2.45, 2.75) is 19.0 Å². The van der Waals surface area contributed by atoms with Gasteiger partial charge in [-0.15, -0.1) is 5.10 Å². The molecule has 0 atom stereocenters. The average Bonchev–Trinajstić information content (AvgIpc) is 3.15. The van der Waals surface area contributed by atoms with Crippen LogP contribution in [-0.4, -0.2) is 45.5 Å². The van der Waals surface area contributed by atoms with Crippen molar-refractivity contribution in [3.63, 3.8) is 0 Å². The summed E-state index contributed by atoms with van der Waals surface area (Å²) in [5, 5.41) is 12.4. The quantitative estimate of drug-likeness (QED) is 0.435. The van der Waals surface area contributed by atoms with Gasteiger partial charge in [0, 0.05) is 5.56 Å². The van der Waals surface area contributed by atoms with Gasteiger partial charge in [0.2, 0.25) is 5.16 Å². The fourth-order valence-electron chi connectivity index (χ4n) is 2.50. The number of carbonyl (C=O) groups is 1. The fraction of sp³-hybridized carbons (Fsp3) is 0.263. The molecule has 3 aromatic rings. The van der Waals surface area contributed by atoms with E-state index in [2.05, 4.69) is 15.5 Å². The van der Waals surface area contributed by atoms with Crippen LogP contribution < -0.4 is 9.47 Å². The Balaban J connectivity index is 1.74. The molecule has 0 saturated carbocycles. The summed E-state index contributed by atoms with van der Waals surface area (Å²) in [6.07, 6.45) is 0. The van der Waals surface area contributed by atoms with Crippen LogP contribution in [0, 0.1) is 6.92 Å². The molecule has 27 heavy (non-hydrogen) atoms. The van der Waals surface area contributed by atoms with E-state index in [1.807, 2.05) is 32.0 Å². The SMILES string of the molecule is CCOc1ccc(C(=O)CSc2nnnn2-c2cc(C)ccc2OC)cc1. The molecule has 0 spiro atoms. The first-order valence-electron chi connectivity index (χ1n) is 8.44. The number of aromatic nitrogens is 4. The molecule has 0 aliphatic carbocycles. The number of nitrogens with zero attached hydrogens (tertiary/aromatic N) is 4. The lowest BCUT2D eigenvalue weighted by Gasteiger charge is -2.10. The van der Waals surface area contributed by atoms with Gasteiger partial charge in [0.05, 0.1) is 19.5 Å². The van der Waals surface area contributed by atoms with Crippen LogP contribution in [0.25, 0.3) is 5.69 Å². The number of Topliss-reactive ketones (excluding diaryl/α,β-unsaturated/α-hetero) is 1. The van der Waals surface area contributed by atoms with Crippen molar-refractivity contribution < 1.29 is 14.3 Å². The Bertz CT molecular complexity index is 925. The van der Waals surface area contributed by atoms with Gasteiger partial charge in [0.25, 0.3) is 0 Å². The van der Waals surface area contributed by atoms with Crippen molar-refractivity contribution in [1.29, 1.82) is 0 Å². The number of carbonyl (C=O) groups excluding carboxylic acids is 1. The number of tetrazole rings is 1. The number of hydrogen-bond acceptors (Lipinski definition) is 7. The molecular formula is C19H20N4O3S. The number of benzene rings is 2. The molecule has 0 bridgehead atoms. The Morgan fingerprint density at radius 2 is 1.96 bits per heavy atom. The maximum absolute atomic E-state index is 12.5. The van der Waals surface area contributed by atoms with Crippen LogP contribution in [0.3, 0.4) is 0 Å². The summed E-state index contributed by atoms with van der Waals surface area (Å²) < 4.78 is 12.4. The summed E-state index contributed by atoms with van der Waals surface area (Å²) in [4.78, 5) is 12.5. The smallest absolute Gasteiger partial charge is 0.214 e. The van der Waals surface area contributed by atoms with Gasteiger partial charge in [-0.3, -0.25) is 4.79 Å². The van der Waals surface area contributed by atoms with Crippen LogP contribution in [0.1, 0.15) is 22.8 Å². The molecule has 3 rings (SSSR count). The summed E-state index contributed by atoms with van der Waals surface area (Å²) in [5.74, 6) is 1.63. The summed E-state index contributed by atoms with van der Waals surface area (Å²) >= 11 is 1.28. The van der Waals surface area contributed by atoms with Crippen LogP contribution in [-0.2, 0) is 0 Å². The topological polar surface area (TPSA) is 79.1 Å². The zero-order valence-electron chi connectivity index (χ0n) is 15.4. The predicted octanol–water partition coefficient (Wildman–Crippen LogP) is 3.35. The van der Waals surface area contributed by atoms with Gasteiger partial charge in [0.15, 0.2) is 5.78 Å². The first-order valence-corrected chi connectivity index (χ1v) is 9.43. The Hall–Kier alpha value is -2.87. The number of aryl methyl sites for hydroxylation is 1. The van der Waals surface area contributed by atoms with Crippen LogP contribution in [0.5, 0.6) is 11.5 Å². The summed E-state index contributed by atoms with van der Waals surface area (Å²) in [6.45, 7) is 4.49. The Kier molecular flexibility index (Phi) is 6.08. The van der Waals surface area contributed by atoms with Crippen LogP contribution in [0.2, 0.25) is 0 Å². The van der Waals surface area contributed by atoms with Crippen LogP contribution in [0.4, 0.5) is 0 Å². The van der Waals surface area contributed by atoms with E-state index in [-0.39, 0.29) is 11.5 Å². The summed E-state index contributed by atoms with van der Waals surface area (Å²) in [5.41, 5.74) is 2.42. The van der Waals surface area contributed by atoms with Crippen LogP contribution in [0.15, 0.2) is 47.6 Å². The number of hydrogen-bond donors (Lipinski definition) is 0. The highest BCUT2D eigenvalue weighted by Crippen LogP contribution is 2.27. The second-order valence-corrected chi connectivity index (χ2v) is 6.66. The molecule has 1 aromatic heterocycles. The van der Waals surface area contributed by atoms with E-state index in [0.717, 1.165) is 17.0 Å². The summed E-state index contributed by atoms with van der Waals surface area (Å²) in [6, 6.07) is 12.9. The van der Waals surface area contributed by atoms with Gasteiger partial charge in [0.1, 0.15) is 17.2 Å². The molecule has 0 N–H and O–H groups in total. The molecule has 8 heteroatoms. The molecule has 7 nitrogen and oxygen atoms in total. The molecule has 1 heterocycles. The highest BCUT2D eigenvalue weighted by atomic mass is 32.2. The predicted molar refractivity (Wildman–Crippen MR) is 103 cm³/mol. The molecule has 0 aliphatic rings. The number of methoxy groups -OCH3 is 1. The first kappa shape index (κ1) is 18.9. The first-order chi connectivity index (χ1) is 13.1. The van der Waals surface area contributed by atoms with Crippen molar-refractivity contribution in [3.8, 4) is 17.2 Å². The lowest BCUT2D eigenvalue weighted by molar-refractivity contribution is 0.102. The van der Waals surface area contributed by atoms with Gasteiger partial charge >= 0.3 is 0 Å². The maximum Gasteiger partial charge on any atom is 0.214 e. The minimum absolute atomic E-state index is 0.00574. The molecule has 2 aromatic carbocycles. The number of thioether (sulfide) groups is 1. The van der Waals surface area contributed by atoms with E-state index in [1.54, 1.807) is 36.1 Å². The highest BCUT2D eigenvalue weighted by molar-refractivity contribution is 7.99. The third kappa shape index (κ3) is 4.46. The van der Waals surface area contributed by atoms with E-state index in [1.165, 1.54) is 11.8 Å². The van der Waals surface area contributed by atoms with Crippen molar-refractivity contribution in [2.75, 3.05) is 19.5 Å². The third-order valence-electron chi connectivity index (χ3n) is 3.82. The second kappa shape index (κ2) is 8.68. The normalized spacial score (nSPS) is 10.6. The lowest BCUT2D eigenvalue weighted by atomic mass is 10.1. The fourth-order valence-corrected chi connectivity index (χ4v) is 3.28. The third-order valence-corrected chi connectivity index (χ3v) is 4.74. The zero-order chi connectivity index (χ0) is 19.2. The van der Waals surface area contributed by atoms with Gasteiger partial charge in [-0.2, -0.15) is 4.68 Å². The Morgan fingerprint density at radius 1 is 1.19 bits per heavy atom. The molecule has 0 saturated heterocycles.